The number of likely N-dealkylation sites (N-methyl/N-ethyl adjacent to an activating group) is 1. The Morgan fingerprint density at radius 3 is 2.42 bits per heavy atom. The van der Waals surface area contributed by atoms with Gasteiger partial charge in [-0.15, -0.1) is 0 Å². The Morgan fingerprint density at radius 1 is 1.37 bits per heavy atom. The highest BCUT2D eigenvalue weighted by molar-refractivity contribution is 5.84. The minimum Gasteiger partial charge on any atom is -0.389 e. The van der Waals surface area contributed by atoms with E-state index in [-0.39, 0.29) is 11.8 Å². The van der Waals surface area contributed by atoms with Crippen molar-refractivity contribution in [2.45, 2.75) is 38.2 Å². The van der Waals surface area contributed by atoms with Crippen LogP contribution in [0.25, 0.3) is 0 Å². The first-order chi connectivity index (χ1) is 8.88. The van der Waals surface area contributed by atoms with Gasteiger partial charge in [-0.05, 0) is 38.2 Å². The van der Waals surface area contributed by atoms with Gasteiger partial charge in [-0.25, -0.2) is 0 Å². The summed E-state index contributed by atoms with van der Waals surface area (Å²) in [6.45, 7) is 3.82. The van der Waals surface area contributed by atoms with Crippen LogP contribution in [0.3, 0.4) is 0 Å². The predicted molar refractivity (Wildman–Crippen MR) is 75.8 cm³/mol. The van der Waals surface area contributed by atoms with Gasteiger partial charge in [0, 0.05) is 13.6 Å². The fourth-order valence-corrected chi connectivity index (χ4v) is 2.60. The van der Waals surface area contributed by atoms with E-state index in [1.807, 2.05) is 30.3 Å². The number of carbonyl (C=O) groups excluding carboxylic acids is 1. The molecule has 1 atom stereocenters. The fraction of sp³-hybridized carbons (Fsp3) is 0.562. The van der Waals surface area contributed by atoms with Gasteiger partial charge in [0.2, 0.25) is 5.91 Å². The molecule has 1 aliphatic rings. The van der Waals surface area contributed by atoms with E-state index in [1.165, 1.54) is 0 Å². The minimum absolute atomic E-state index is 0.0476. The maximum Gasteiger partial charge on any atom is 0.230 e. The molecule has 1 aromatic rings. The van der Waals surface area contributed by atoms with E-state index in [4.69, 9.17) is 0 Å². The summed E-state index contributed by atoms with van der Waals surface area (Å²) in [5, 5.41) is 9.85. The number of amides is 1. The normalized spacial score (nSPS) is 17.1. The maximum atomic E-state index is 12.6. The first-order valence-electron chi connectivity index (χ1n) is 6.91. The van der Waals surface area contributed by atoms with Gasteiger partial charge < -0.3 is 10.0 Å². The second kappa shape index (κ2) is 5.33. The van der Waals surface area contributed by atoms with Gasteiger partial charge in [-0.2, -0.15) is 0 Å². The molecule has 1 unspecified atom stereocenters. The number of carbonyl (C=O) groups is 1. The maximum absolute atomic E-state index is 12.6. The highest BCUT2D eigenvalue weighted by atomic mass is 16.3. The molecule has 0 bridgehead atoms. The lowest BCUT2D eigenvalue weighted by molar-refractivity contribution is -0.134. The van der Waals surface area contributed by atoms with Gasteiger partial charge in [0.25, 0.3) is 0 Å². The standard InChI is InChI=1S/C16H23NO2/c1-16(2,19)11-17(3)15(18)14(13-9-10-13)12-7-5-4-6-8-12/h4-8,13-14,19H,9-11H2,1-3H3. The van der Waals surface area contributed by atoms with E-state index >= 15 is 0 Å². The molecule has 2 rings (SSSR count). The number of nitrogens with zero attached hydrogens (tertiary/aromatic N) is 1. The smallest absolute Gasteiger partial charge is 0.230 e. The first kappa shape index (κ1) is 14.1. The molecule has 1 aliphatic carbocycles. The van der Waals surface area contributed by atoms with Crippen molar-refractivity contribution in [2.24, 2.45) is 5.92 Å². The highest BCUT2D eigenvalue weighted by Crippen LogP contribution is 2.43. The van der Waals surface area contributed by atoms with Crippen LogP contribution in [0.4, 0.5) is 0 Å². The molecule has 1 saturated carbocycles. The Morgan fingerprint density at radius 2 is 1.95 bits per heavy atom. The van der Waals surface area contributed by atoms with Crippen molar-refractivity contribution in [3.05, 3.63) is 35.9 Å². The molecule has 104 valence electrons. The van der Waals surface area contributed by atoms with E-state index in [0.717, 1.165) is 18.4 Å². The molecule has 0 heterocycles. The summed E-state index contributed by atoms with van der Waals surface area (Å²) in [7, 11) is 1.78. The molecule has 1 fully saturated rings. The quantitative estimate of drug-likeness (QED) is 0.884. The summed E-state index contributed by atoms with van der Waals surface area (Å²) in [4.78, 5) is 14.3. The monoisotopic (exact) mass is 261 g/mol. The van der Waals surface area contributed by atoms with Gasteiger partial charge >= 0.3 is 0 Å². The van der Waals surface area contributed by atoms with Crippen molar-refractivity contribution in [3.63, 3.8) is 0 Å². The number of benzene rings is 1. The molecule has 1 aromatic carbocycles. The Bertz CT molecular complexity index is 432. The average molecular weight is 261 g/mol. The summed E-state index contributed by atoms with van der Waals surface area (Å²) >= 11 is 0. The Hall–Kier alpha value is -1.35. The van der Waals surface area contributed by atoms with E-state index in [9.17, 15) is 9.90 Å². The molecule has 1 amide bonds. The zero-order valence-corrected chi connectivity index (χ0v) is 12.0. The van der Waals surface area contributed by atoms with Crippen LogP contribution < -0.4 is 0 Å². The molecule has 19 heavy (non-hydrogen) atoms. The number of hydrogen-bond acceptors (Lipinski definition) is 2. The van der Waals surface area contributed by atoms with Gasteiger partial charge in [-0.3, -0.25) is 4.79 Å². The Kier molecular flexibility index (Phi) is 3.95. The molecule has 1 N–H and O–H groups in total. The van der Waals surface area contributed by atoms with Crippen molar-refractivity contribution in [1.82, 2.24) is 4.90 Å². The van der Waals surface area contributed by atoms with Gasteiger partial charge in [-0.1, -0.05) is 30.3 Å². The van der Waals surface area contributed by atoms with Crippen LogP contribution in [0.5, 0.6) is 0 Å². The molecule has 0 aliphatic heterocycles. The number of rotatable bonds is 5. The number of aliphatic hydroxyl groups is 1. The van der Waals surface area contributed by atoms with Crippen molar-refractivity contribution in [1.29, 1.82) is 0 Å². The minimum atomic E-state index is -0.852. The molecular formula is C16H23NO2. The summed E-state index contributed by atoms with van der Waals surface area (Å²) in [5.74, 6) is 0.545. The Balaban J connectivity index is 2.14. The lowest BCUT2D eigenvalue weighted by atomic mass is 9.92. The summed E-state index contributed by atoms with van der Waals surface area (Å²) in [6, 6.07) is 9.98. The zero-order valence-electron chi connectivity index (χ0n) is 12.0. The van der Waals surface area contributed by atoms with Crippen LogP contribution in [0.1, 0.15) is 38.2 Å². The topological polar surface area (TPSA) is 40.5 Å². The van der Waals surface area contributed by atoms with Crippen LogP contribution in [0.15, 0.2) is 30.3 Å². The summed E-state index contributed by atoms with van der Waals surface area (Å²) in [6.07, 6.45) is 2.25. The SMILES string of the molecule is CN(CC(C)(C)O)C(=O)C(c1ccccc1)C1CC1. The van der Waals surface area contributed by atoms with E-state index < -0.39 is 5.60 Å². The van der Waals surface area contributed by atoms with E-state index in [0.29, 0.717) is 12.5 Å². The third kappa shape index (κ3) is 3.80. The van der Waals surface area contributed by atoms with Crippen LogP contribution >= 0.6 is 0 Å². The molecule has 3 heteroatoms. The van der Waals surface area contributed by atoms with Crippen molar-refractivity contribution in [2.75, 3.05) is 13.6 Å². The van der Waals surface area contributed by atoms with Crippen molar-refractivity contribution >= 4 is 5.91 Å². The second-order valence-corrected chi connectivity index (χ2v) is 6.23. The van der Waals surface area contributed by atoms with Gasteiger partial charge in [0.15, 0.2) is 0 Å². The lowest BCUT2D eigenvalue weighted by Crippen LogP contribution is -2.42. The molecular weight excluding hydrogens is 238 g/mol. The van der Waals surface area contributed by atoms with E-state index in [2.05, 4.69) is 0 Å². The van der Waals surface area contributed by atoms with E-state index in [1.54, 1.807) is 25.8 Å². The molecule has 0 radical (unpaired) electrons. The van der Waals surface area contributed by atoms with Crippen LogP contribution in [0, 0.1) is 5.92 Å². The highest BCUT2D eigenvalue weighted by Gasteiger charge is 2.39. The predicted octanol–water partition coefficient (Wildman–Crippen LogP) is 2.41. The van der Waals surface area contributed by atoms with Gasteiger partial charge in [0.1, 0.15) is 0 Å². The van der Waals surface area contributed by atoms with Crippen LogP contribution in [-0.2, 0) is 4.79 Å². The summed E-state index contributed by atoms with van der Waals surface area (Å²) < 4.78 is 0. The Labute approximate surface area is 115 Å². The summed E-state index contributed by atoms with van der Waals surface area (Å²) in [5.41, 5.74) is 0.243. The van der Waals surface area contributed by atoms with Crippen LogP contribution in [0.2, 0.25) is 0 Å². The molecule has 0 saturated heterocycles. The van der Waals surface area contributed by atoms with Crippen molar-refractivity contribution < 1.29 is 9.90 Å². The third-order valence-corrected chi connectivity index (χ3v) is 3.52. The lowest BCUT2D eigenvalue weighted by Gasteiger charge is -2.29. The number of hydrogen-bond donors (Lipinski definition) is 1. The largest absolute Gasteiger partial charge is 0.389 e. The third-order valence-electron chi connectivity index (χ3n) is 3.52. The fourth-order valence-electron chi connectivity index (χ4n) is 2.60. The molecule has 0 spiro atoms. The van der Waals surface area contributed by atoms with Gasteiger partial charge in [0.05, 0.1) is 11.5 Å². The average Bonchev–Trinajstić information content (AvgIpc) is 3.13. The molecule has 3 nitrogen and oxygen atoms in total. The zero-order chi connectivity index (χ0) is 14.0. The molecule has 0 aromatic heterocycles. The first-order valence-corrected chi connectivity index (χ1v) is 6.91. The van der Waals surface area contributed by atoms with Crippen LogP contribution in [-0.4, -0.2) is 35.1 Å². The van der Waals surface area contributed by atoms with Crippen molar-refractivity contribution in [3.8, 4) is 0 Å². The second-order valence-electron chi connectivity index (χ2n) is 6.23.